The minimum absolute atomic E-state index is 0.00666. The summed E-state index contributed by atoms with van der Waals surface area (Å²) >= 11 is 5.72. The number of halogens is 1. The molecule has 1 unspecified atom stereocenters. The summed E-state index contributed by atoms with van der Waals surface area (Å²) in [5.41, 5.74) is -0.883. The predicted octanol–water partition coefficient (Wildman–Crippen LogP) is 1.42. The summed E-state index contributed by atoms with van der Waals surface area (Å²) in [5, 5.41) is 12.0. The Morgan fingerprint density at radius 2 is 2.21 bits per heavy atom. The molecule has 2 rings (SSSR count). The number of nitrogens with one attached hydrogen (secondary N) is 1. The van der Waals surface area contributed by atoms with Crippen molar-refractivity contribution in [3.8, 4) is 0 Å². The molecule has 1 atom stereocenters. The van der Waals surface area contributed by atoms with E-state index in [1.807, 2.05) is 0 Å². The molecule has 1 fully saturated rings. The molecule has 6 nitrogen and oxygen atoms in total. The Hall–Kier alpha value is -1.34. The van der Waals surface area contributed by atoms with Crippen molar-refractivity contribution in [3.63, 3.8) is 0 Å². The van der Waals surface area contributed by atoms with Gasteiger partial charge in [0.25, 0.3) is 0 Å². The van der Waals surface area contributed by atoms with Crippen molar-refractivity contribution in [2.45, 2.75) is 18.9 Å². The number of pyridine rings is 1. The summed E-state index contributed by atoms with van der Waals surface area (Å²) in [6, 6.07) is 2.96. The van der Waals surface area contributed by atoms with Crippen LogP contribution in [0.2, 0.25) is 5.02 Å². The third-order valence-corrected chi connectivity index (χ3v) is 5.19. The first kappa shape index (κ1) is 14.1. The van der Waals surface area contributed by atoms with Gasteiger partial charge in [-0.1, -0.05) is 11.6 Å². The molecule has 0 amide bonds. The number of sulfone groups is 1. The van der Waals surface area contributed by atoms with Crippen molar-refractivity contribution in [2.24, 2.45) is 0 Å². The minimum Gasteiger partial charge on any atom is -0.476 e. The van der Waals surface area contributed by atoms with Gasteiger partial charge in [-0.15, -0.1) is 0 Å². The molecule has 0 radical (unpaired) electrons. The Bertz CT molecular complexity index is 632. The maximum Gasteiger partial charge on any atom is 0.356 e. The van der Waals surface area contributed by atoms with E-state index >= 15 is 0 Å². The van der Waals surface area contributed by atoms with E-state index < -0.39 is 21.3 Å². The zero-order valence-electron chi connectivity index (χ0n) is 10.2. The third kappa shape index (κ3) is 3.16. The highest BCUT2D eigenvalue weighted by atomic mass is 35.5. The maximum absolute atomic E-state index is 11.5. The fourth-order valence-electron chi connectivity index (χ4n) is 2.08. The van der Waals surface area contributed by atoms with Gasteiger partial charge in [0.2, 0.25) is 0 Å². The lowest BCUT2D eigenvalue weighted by Crippen LogP contribution is -2.36. The maximum atomic E-state index is 11.5. The van der Waals surface area contributed by atoms with E-state index in [4.69, 9.17) is 16.7 Å². The molecule has 0 spiro atoms. The number of hydrogen-bond acceptors (Lipinski definition) is 5. The van der Waals surface area contributed by atoms with Crippen molar-refractivity contribution in [3.05, 3.63) is 22.8 Å². The summed E-state index contributed by atoms with van der Waals surface area (Å²) in [6.07, 6.45) is 0.460. The molecule has 104 valence electrons. The predicted molar refractivity (Wildman–Crippen MR) is 71.5 cm³/mol. The van der Waals surface area contributed by atoms with Gasteiger partial charge in [-0.25, -0.2) is 18.2 Å². The van der Waals surface area contributed by atoms with Crippen molar-refractivity contribution >= 4 is 33.2 Å². The van der Waals surface area contributed by atoms with E-state index in [9.17, 15) is 13.2 Å². The molecule has 0 aromatic carbocycles. The number of aromatic carboxylic acids is 1. The van der Waals surface area contributed by atoms with Crippen LogP contribution < -0.4 is 5.32 Å². The zero-order chi connectivity index (χ0) is 14.3. The van der Waals surface area contributed by atoms with Crippen LogP contribution in [-0.2, 0) is 9.84 Å². The van der Waals surface area contributed by atoms with Gasteiger partial charge >= 0.3 is 5.97 Å². The van der Waals surface area contributed by atoms with E-state index in [-0.39, 0.29) is 22.2 Å². The number of anilines is 1. The number of rotatable bonds is 3. The second-order valence-corrected chi connectivity index (χ2v) is 7.45. The first-order chi connectivity index (χ1) is 8.71. The van der Waals surface area contributed by atoms with E-state index in [1.165, 1.54) is 12.1 Å². The fraction of sp³-hybridized carbons (Fsp3) is 0.455. The molecule has 8 heteroatoms. The average molecular weight is 305 g/mol. The molecule has 0 saturated carbocycles. The molecule has 1 aromatic heterocycles. The summed E-state index contributed by atoms with van der Waals surface area (Å²) in [5.74, 6) is -0.790. The number of hydrogen-bond donors (Lipinski definition) is 2. The highest BCUT2D eigenvalue weighted by Crippen LogP contribution is 2.27. The summed E-state index contributed by atoms with van der Waals surface area (Å²) in [6.45, 7) is 1.77. The lowest BCUT2D eigenvalue weighted by Gasteiger charge is -2.24. The molecule has 1 saturated heterocycles. The zero-order valence-corrected chi connectivity index (χ0v) is 11.8. The van der Waals surface area contributed by atoms with Crippen molar-refractivity contribution in [1.82, 2.24) is 4.98 Å². The number of nitrogens with zero attached hydrogens (tertiary/aromatic N) is 1. The summed E-state index contributed by atoms with van der Waals surface area (Å²) in [7, 11) is -3.04. The Morgan fingerprint density at radius 3 is 2.74 bits per heavy atom. The second-order valence-electron chi connectivity index (χ2n) is 4.86. The first-order valence-corrected chi connectivity index (χ1v) is 7.79. The molecule has 1 aromatic rings. The molecule has 19 heavy (non-hydrogen) atoms. The standard InChI is InChI=1S/C11H13ClN2O4S/c1-11(4-5-19(17,18)6-11)14-8-3-2-7(12)9(13-8)10(15)16/h2-3H,4-6H2,1H3,(H,13,14)(H,15,16). The van der Waals surface area contributed by atoms with E-state index in [2.05, 4.69) is 10.3 Å². The largest absolute Gasteiger partial charge is 0.476 e. The van der Waals surface area contributed by atoms with Crippen LogP contribution in [0.25, 0.3) is 0 Å². The minimum atomic E-state index is -3.04. The highest BCUT2D eigenvalue weighted by molar-refractivity contribution is 7.91. The normalized spacial score (nSPS) is 25.2. The number of carboxylic acid groups (broad SMARTS) is 1. The molecule has 2 heterocycles. The Kier molecular flexibility index (Phi) is 3.44. The van der Waals surface area contributed by atoms with Crippen LogP contribution in [0.1, 0.15) is 23.8 Å². The van der Waals surface area contributed by atoms with Gasteiger partial charge in [-0.3, -0.25) is 0 Å². The summed E-state index contributed by atoms with van der Waals surface area (Å²) in [4.78, 5) is 14.8. The SMILES string of the molecule is CC1(Nc2ccc(Cl)c(C(=O)O)n2)CCS(=O)(=O)C1. The van der Waals surface area contributed by atoms with E-state index in [0.717, 1.165) is 0 Å². The van der Waals surface area contributed by atoms with E-state index in [0.29, 0.717) is 12.2 Å². The third-order valence-electron chi connectivity index (χ3n) is 2.98. The van der Waals surface area contributed by atoms with Gasteiger partial charge in [-0.05, 0) is 25.5 Å². The topological polar surface area (TPSA) is 96.4 Å². The van der Waals surface area contributed by atoms with Crippen LogP contribution in [0, 0.1) is 0 Å². The number of aromatic nitrogens is 1. The van der Waals surface area contributed by atoms with Gasteiger partial charge in [0.05, 0.1) is 22.1 Å². The van der Waals surface area contributed by atoms with Crippen molar-refractivity contribution in [2.75, 3.05) is 16.8 Å². The Labute approximate surface area is 115 Å². The van der Waals surface area contributed by atoms with Crippen molar-refractivity contribution in [1.29, 1.82) is 0 Å². The fourth-order valence-corrected chi connectivity index (χ4v) is 4.36. The van der Waals surface area contributed by atoms with Crippen LogP contribution in [0.5, 0.6) is 0 Å². The Balaban J connectivity index is 2.25. The smallest absolute Gasteiger partial charge is 0.356 e. The number of carbonyl (C=O) groups is 1. The average Bonchev–Trinajstić information content (AvgIpc) is 2.55. The van der Waals surface area contributed by atoms with Crippen molar-refractivity contribution < 1.29 is 18.3 Å². The lowest BCUT2D eigenvalue weighted by atomic mass is 10.0. The quantitative estimate of drug-likeness (QED) is 0.876. The van der Waals surface area contributed by atoms with Crippen LogP contribution in [0.15, 0.2) is 12.1 Å². The molecule has 1 aliphatic heterocycles. The van der Waals surface area contributed by atoms with Crippen LogP contribution in [-0.4, -0.2) is 41.5 Å². The molecular formula is C11H13ClN2O4S. The van der Waals surface area contributed by atoms with Gasteiger partial charge in [0.1, 0.15) is 5.82 Å². The van der Waals surface area contributed by atoms with Crippen LogP contribution in [0.3, 0.4) is 0 Å². The van der Waals surface area contributed by atoms with E-state index in [1.54, 1.807) is 6.92 Å². The summed E-state index contributed by atoms with van der Waals surface area (Å²) < 4.78 is 23.0. The highest BCUT2D eigenvalue weighted by Gasteiger charge is 2.38. The Morgan fingerprint density at radius 1 is 1.53 bits per heavy atom. The second kappa shape index (κ2) is 4.64. The monoisotopic (exact) mass is 304 g/mol. The van der Waals surface area contributed by atoms with Crippen LogP contribution >= 0.6 is 11.6 Å². The van der Waals surface area contributed by atoms with Gasteiger partial charge in [-0.2, -0.15) is 0 Å². The first-order valence-electron chi connectivity index (χ1n) is 5.59. The molecular weight excluding hydrogens is 292 g/mol. The van der Waals surface area contributed by atoms with Gasteiger partial charge < -0.3 is 10.4 Å². The molecule has 2 N–H and O–H groups in total. The molecule has 1 aliphatic rings. The molecule has 0 bridgehead atoms. The lowest BCUT2D eigenvalue weighted by molar-refractivity contribution is 0.0691. The number of carboxylic acids is 1. The van der Waals surface area contributed by atoms with Gasteiger partial charge in [0, 0.05) is 0 Å². The van der Waals surface area contributed by atoms with Gasteiger partial charge in [0.15, 0.2) is 15.5 Å². The molecule has 0 aliphatic carbocycles. The van der Waals surface area contributed by atoms with Crippen LogP contribution in [0.4, 0.5) is 5.82 Å².